The first-order chi connectivity index (χ1) is 13.6. The molecule has 1 aromatic heterocycles. The van der Waals surface area contributed by atoms with Crippen LogP contribution in [0.5, 0.6) is 0 Å². The number of hydrogen-bond acceptors (Lipinski definition) is 6. The van der Waals surface area contributed by atoms with Crippen LogP contribution in [-0.2, 0) is 4.74 Å². The molecule has 0 aliphatic carbocycles. The normalized spacial score (nSPS) is 10.2. The number of nitrogens with one attached hydrogen (secondary N) is 1. The van der Waals surface area contributed by atoms with Crippen molar-refractivity contribution < 1.29 is 14.3 Å². The lowest BCUT2D eigenvalue weighted by Gasteiger charge is -2.16. The van der Waals surface area contributed by atoms with Gasteiger partial charge in [0.2, 0.25) is 0 Å². The number of anilines is 3. The summed E-state index contributed by atoms with van der Waals surface area (Å²) in [6.07, 6.45) is 0. The van der Waals surface area contributed by atoms with E-state index in [1.807, 2.05) is 30.3 Å². The summed E-state index contributed by atoms with van der Waals surface area (Å²) in [7, 11) is 1.68. The number of para-hydroxylation sites is 2. The first-order valence-electron chi connectivity index (χ1n) is 8.80. The summed E-state index contributed by atoms with van der Waals surface area (Å²) in [5, 5.41) is 11.1. The van der Waals surface area contributed by atoms with Gasteiger partial charge in [-0.05, 0) is 43.3 Å². The van der Waals surface area contributed by atoms with E-state index in [1.54, 1.807) is 50.4 Å². The van der Waals surface area contributed by atoms with Gasteiger partial charge < -0.3 is 15.0 Å². The molecule has 142 valence electrons. The summed E-state index contributed by atoms with van der Waals surface area (Å²) in [5.74, 6) is -0.275. The Kier molecular flexibility index (Phi) is 5.96. The predicted octanol–water partition coefficient (Wildman–Crippen LogP) is 3.67. The van der Waals surface area contributed by atoms with E-state index >= 15 is 0 Å². The van der Waals surface area contributed by atoms with Crippen molar-refractivity contribution in [1.82, 2.24) is 10.2 Å². The van der Waals surface area contributed by atoms with Crippen LogP contribution in [0.1, 0.15) is 27.8 Å². The number of benzene rings is 2. The third-order valence-electron chi connectivity index (χ3n) is 4.02. The smallest absolute Gasteiger partial charge is 0.340 e. The lowest BCUT2D eigenvalue weighted by molar-refractivity contribution is 0.0527. The highest BCUT2D eigenvalue weighted by Gasteiger charge is 2.16. The Hall–Kier alpha value is -3.74. The average molecular weight is 376 g/mol. The van der Waals surface area contributed by atoms with Crippen molar-refractivity contribution >= 4 is 29.1 Å². The molecule has 7 nitrogen and oxygen atoms in total. The maximum Gasteiger partial charge on any atom is 0.340 e. The van der Waals surface area contributed by atoms with Gasteiger partial charge in [-0.1, -0.05) is 30.3 Å². The van der Waals surface area contributed by atoms with Crippen LogP contribution in [0.4, 0.5) is 17.2 Å². The highest BCUT2D eigenvalue weighted by Crippen LogP contribution is 2.21. The molecule has 2 aromatic carbocycles. The fraction of sp³-hybridized carbons (Fsp3) is 0.143. The predicted molar refractivity (Wildman–Crippen MR) is 107 cm³/mol. The second-order valence-corrected chi connectivity index (χ2v) is 5.89. The Balaban J connectivity index is 1.75. The molecule has 3 aromatic rings. The van der Waals surface area contributed by atoms with Crippen LogP contribution in [0.2, 0.25) is 0 Å². The molecule has 0 unspecified atom stereocenters. The van der Waals surface area contributed by atoms with Crippen molar-refractivity contribution in [2.75, 3.05) is 23.9 Å². The zero-order chi connectivity index (χ0) is 19.9. The molecule has 0 spiro atoms. The standard InChI is InChI=1S/C21H20N4O3/c1-3-28-21(27)16-11-7-8-12-17(16)22-19-14-13-18(23-24-19)20(26)25(2)15-9-5-4-6-10-15/h4-14H,3H2,1-2H3,(H,22,24). The van der Waals surface area contributed by atoms with E-state index in [9.17, 15) is 9.59 Å². The van der Waals surface area contributed by atoms with Crippen LogP contribution in [-0.4, -0.2) is 35.7 Å². The van der Waals surface area contributed by atoms with Gasteiger partial charge in [0.05, 0.1) is 17.9 Å². The zero-order valence-corrected chi connectivity index (χ0v) is 15.6. The molecule has 0 fully saturated rings. The van der Waals surface area contributed by atoms with E-state index in [0.717, 1.165) is 5.69 Å². The summed E-state index contributed by atoms with van der Waals surface area (Å²) in [5.41, 5.74) is 1.93. The summed E-state index contributed by atoms with van der Waals surface area (Å²) in [6, 6.07) is 19.5. The Morgan fingerprint density at radius 3 is 2.36 bits per heavy atom. The van der Waals surface area contributed by atoms with Crippen LogP contribution in [0.15, 0.2) is 66.7 Å². The largest absolute Gasteiger partial charge is 0.462 e. The average Bonchev–Trinajstić information content (AvgIpc) is 2.74. The third kappa shape index (κ3) is 4.32. The second kappa shape index (κ2) is 8.77. The molecule has 0 aliphatic heterocycles. The summed E-state index contributed by atoms with van der Waals surface area (Å²) in [6.45, 7) is 2.04. The lowest BCUT2D eigenvalue weighted by Crippen LogP contribution is -2.27. The van der Waals surface area contributed by atoms with Gasteiger partial charge in [-0.15, -0.1) is 10.2 Å². The van der Waals surface area contributed by atoms with Gasteiger partial charge in [0.1, 0.15) is 0 Å². The van der Waals surface area contributed by atoms with Gasteiger partial charge in [-0.3, -0.25) is 4.79 Å². The minimum Gasteiger partial charge on any atom is -0.462 e. The Morgan fingerprint density at radius 1 is 0.964 bits per heavy atom. The van der Waals surface area contributed by atoms with Gasteiger partial charge in [-0.2, -0.15) is 0 Å². The molecule has 0 bridgehead atoms. The third-order valence-corrected chi connectivity index (χ3v) is 4.02. The Labute approximate surface area is 163 Å². The second-order valence-electron chi connectivity index (χ2n) is 5.89. The van der Waals surface area contributed by atoms with E-state index in [-0.39, 0.29) is 11.6 Å². The minimum atomic E-state index is -0.421. The van der Waals surface area contributed by atoms with Crippen LogP contribution in [0.25, 0.3) is 0 Å². The molecule has 1 amide bonds. The van der Waals surface area contributed by atoms with E-state index in [2.05, 4.69) is 15.5 Å². The van der Waals surface area contributed by atoms with E-state index in [4.69, 9.17) is 4.74 Å². The number of nitrogens with zero attached hydrogens (tertiary/aromatic N) is 3. The molecule has 7 heteroatoms. The van der Waals surface area contributed by atoms with Crippen molar-refractivity contribution in [2.24, 2.45) is 0 Å². The van der Waals surface area contributed by atoms with Crippen molar-refractivity contribution in [3.8, 4) is 0 Å². The van der Waals surface area contributed by atoms with Crippen molar-refractivity contribution in [2.45, 2.75) is 6.92 Å². The van der Waals surface area contributed by atoms with Crippen molar-refractivity contribution in [1.29, 1.82) is 0 Å². The molecule has 0 aliphatic rings. The maximum absolute atomic E-state index is 12.6. The van der Waals surface area contributed by atoms with Crippen LogP contribution < -0.4 is 10.2 Å². The molecular formula is C21H20N4O3. The number of carbonyl (C=O) groups is 2. The van der Waals surface area contributed by atoms with Gasteiger partial charge in [0.25, 0.3) is 5.91 Å². The van der Waals surface area contributed by atoms with Crippen LogP contribution >= 0.6 is 0 Å². The number of ether oxygens (including phenoxy) is 1. The quantitative estimate of drug-likeness (QED) is 0.661. The van der Waals surface area contributed by atoms with Crippen LogP contribution in [0.3, 0.4) is 0 Å². The molecule has 1 heterocycles. The Morgan fingerprint density at radius 2 is 1.68 bits per heavy atom. The van der Waals surface area contributed by atoms with Gasteiger partial charge in [0, 0.05) is 12.7 Å². The monoisotopic (exact) mass is 376 g/mol. The maximum atomic E-state index is 12.6. The summed E-state index contributed by atoms with van der Waals surface area (Å²) >= 11 is 0. The molecule has 1 N–H and O–H groups in total. The Bertz CT molecular complexity index is 959. The molecule has 0 radical (unpaired) electrons. The molecule has 0 atom stereocenters. The fourth-order valence-corrected chi connectivity index (χ4v) is 2.57. The van der Waals surface area contributed by atoms with Gasteiger partial charge >= 0.3 is 5.97 Å². The van der Waals surface area contributed by atoms with Crippen molar-refractivity contribution in [3.63, 3.8) is 0 Å². The van der Waals surface area contributed by atoms with E-state index < -0.39 is 5.97 Å². The molecular weight excluding hydrogens is 356 g/mol. The van der Waals surface area contributed by atoms with Gasteiger partial charge in [-0.25, -0.2) is 4.79 Å². The zero-order valence-electron chi connectivity index (χ0n) is 15.6. The first-order valence-corrected chi connectivity index (χ1v) is 8.80. The first kappa shape index (κ1) is 19.0. The highest BCUT2D eigenvalue weighted by atomic mass is 16.5. The minimum absolute atomic E-state index is 0.218. The molecule has 0 saturated heterocycles. The highest BCUT2D eigenvalue weighted by molar-refractivity contribution is 6.04. The summed E-state index contributed by atoms with van der Waals surface area (Å²) in [4.78, 5) is 26.1. The lowest BCUT2D eigenvalue weighted by atomic mass is 10.2. The van der Waals surface area contributed by atoms with Crippen molar-refractivity contribution in [3.05, 3.63) is 78.0 Å². The summed E-state index contributed by atoms with van der Waals surface area (Å²) < 4.78 is 5.06. The topological polar surface area (TPSA) is 84.4 Å². The van der Waals surface area contributed by atoms with E-state index in [0.29, 0.717) is 23.7 Å². The SMILES string of the molecule is CCOC(=O)c1ccccc1Nc1ccc(C(=O)N(C)c2ccccc2)nn1. The fourth-order valence-electron chi connectivity index (χ4n) is 2.57. The number of esters is 1. The van der Waals surface area contributed by atoms with E-state index in [1.165, 1.54) is 4.90 Å². The molecule has 3 rings (SSSR count). The number of amides is 1. The number of hydrogen-bond donors (Lipinski definition) is 1. The van der Waals surface area contributed by atoms with Gasteiger partial charge in [0.15, 0.2) is 11.5 Å². The van der Waals surface area contributed by atoms with Crippen LogP contribution in [0, 0.1) is 0 Å². The number of rotatable bonds is 6. The molecule has 28 heavy (non-hydrogen) atoms. The number of carbonyl (C=O) groups excluding carboxylic acids is 2. The number of aromatic nitrogens is 2. The molecule has 0 saturated carbocycles.